The molecule has 0 aliphatic carbocycles. The van der Waals surface area contributed by atoms with E-state index in [0.29, 0.717) is 17.1 Å². The Morgan fingerprint density at radius 3 is 2.29 bits per heavy atom. The van der Waals surface area contributed by atoms with Gasteiger partial charge in [0.1, 0.15) is 11.4 Å². The van der Waals surface area contributed by atoms with Gasteiger partial charge in [0.05, 0.1) is 19.3 Å². The zero-order valence-corrected chi connectivity index (χ0v) is 15.5. The van der Waals surface area contributed by atoms with Gasteiger partial charge in [-0.3, -0.25) is 10.1 Å². The highest BCUT2D eigenvalue weighted by atomic mass is 16.6. The van der Waals surface area contributed by atoms with Gasteiger partial charge in [-0.2, -0.15) is 0 Å². The molecule has 0 aromatic heterocycles. The number of methoxy groups -OCH3 is 1. The molecule has 7 heteroatoms. The lowest BCUT2D eigenvalue weighted by Crippen LogP contribution is -2.35. The number of likely N-dealkylation sites (N-methyl/N-ethyl adjacent to an activating group) is 2. The van der Waals surface area contributed by atoms with Crippen LogP contribution in [0.25, 0.3) is 0 Å². The van der Waals surface area contributed by atoms with Gasteiger partial charge in [-0.05, 0) is 53.1 Å². The molecule has 0 radical (unpaired) electrons. The molecule has 0 saturated heterocycles. The van der Waals surface area contributed by atoms with Crippen LogP contribution in [-0.4, -0.2) is 57.3 Å². The van der Waals surface area contributed by atoms with Crippen LogP contribution in [0, 0.1) is 0 Å². The first kappa shape index (κ1) is 19.8. The maximum Gasteiger partial charge on any atom is 0.412 e. The maximum atomic E-state index is 12.2. The van der Waals surface area contributed by atoms with Crippen molar-refractivity contribution in [2.75, 3.05) is 45.0 Å². The van der Waals surface area contributed by atoms with Crippen LogP contribution >= 0.6 is 0 Å². The Hall–Kier alpha value is -2.28. The van der Waals surface area contributed by atoms with Crippen LogP contribution < -0.4 is 15.0 Å². The summed E-state index contributed by atoms with van der Waals surface area (Å²) in [6.07, 6.45) is -0.583. The van der Waals surface area contributed by atoms with Crippen molar-refractivity contribution in [2.24, 2.45) is 0 Å². The van der Waals surface area contributed by atoms with E-state index in [1.165, 1.54) is 12.0 Å². The quantitative estimate of drug-likeness (QED) is 0.894. The first-order valence-electron chi connectivity index (χ1n) is 7.63. The fourth-order valence-corrected chi connectivity index (χ4v) is 1.94. The zero-order valence-electron chi connectivity index (χ0n) is 15.5. The summed E-state index contributed by atoms with van der Waals surface area (Å²) in [6.45, 7) is 5.65. The van der Waals surface area contributed by atoms with Crippen LogP contribution in [0.3, 0.4) is 0 Å². The number of carbonyl (C=O) groups is 2. The molecule has 0 saturated carbocycles. The minimum absolute atomic E-state index is 0.0617. The second-order valence-electron chi connectivity index (χ2n) is 6.70. The van der Waals surface area contributed by atoms with Crippen LogP contribution in [-0.2, 0) is 9.53 Å². The standard InChI is InChI=1S/C17H27N3O4/c1-17(2,3)24-16(22)18-13-10-12(8-9-14(13)23-7)20(6)15(21)11-19(4)5/h8-10H,11H2,1-7H3,(H,18,22). The first-order valence-corrected chi connectivity index (χ1v) is 7.63. The molecule has 24 heavy (non-hydrogen) atoms. The van der Waals surface area contributed by atoms with Gasteiger partial charge in [-0.15, -0.1) is 0 Å². The Morgan fingerprint density at radius 1 is 1.17 bits per heavy atom. The van der Waals surface area contributed by atoms with Crippen LogP contribution in [0.1, 0.15) is 20.8 Å². The Bertz CT molecular complexity index is 594. The molecule has 1 rings (SSSR count). The van der Waals surface area contributed by atoms with E-state index in [9.17, 15) is 9.59 Å². The Labute approximate surface area is 143 Å². The third-order valence-corrected chi connectivity index (χ3v) is 3.03. The number of nitrogens with zero attached hydrogens (tertiary/aromatic N) is 2. The lowest BCUT2D eigenvalue weighted by atomic mass is 10.2. The molecule has 134 valence electrons. The summed E-state index contributed by atoms with van der Waals surface area (Å²) >= 11 is 0. The number of carbonyl (C=O) groups excluding carboxylic acids is 2. The highest BCUT2D eigenvalue weighted by Gasteiger charge is 2.19. The molecule has 2 amide bonds. The average Bonchev–Trinajstić information content (AvgIpc) is 2.43. The number of benzene rings is 1. The fraction of sp³-hybridized carbons (Fsp3) is 0.529. The predicted molar refractivity (Wildman–Crippen MR) is 94.8 cm³/mol. The van der Waals surface area contributed by atoms with Gasteiger partial charge >= 0.3 is 6.09 Å². The van der Waals surface area contributed by atoms with Gasteiger partial charge in [0.15, 0.2) is 0 Å². The van der Waals surface area contributed by atoms with E-state index in [-0.39, 0.29) is 12.5 Å². The van der Waals surface area contributed by atoms with E-state index in [1.54, 1.807) is 50.9 Å². The highest BCUT2D eigenvalue weighted by molar-refractivity contribution is 5.96. The van der Waals surface area contributed by atoms with Crippen molar-refractivity contribution in [1.29, 1.82) is 0 Å². The molecule has 0 aliphatic heterocycles. The number of rotatable bonds is 5. The van der Waals surface area contributed by atoms with Crippen LogP contribution in [0.2, 0.25) is 0 Å². The molecule has 0 atom stereocenters. The number of amides is 2. The molecule has 0 aliphatic rings. The number of anilines is 2. The minimum atomic E-state index is -0.604. The van der Waals surface area contributed by atoms with Crippen molar-refractivity contribution in [3.63, 3.8) is 0 Å². The molecule has 1 aromatic carbocycles. The molecule has 0 spiro atoms. The summed E-state index contributed by atoms with van der Waals surface area (Å²) in [7, 11) is 6.85. The third-order valence-electron chi connectivity index (χ3n) is 3.03. The van der Waals surface area contributed by atoms with Crippen molar-refractivity contribution in [1.82, 2.24) is 4.90 Å². The summed E-state index contributed by atoms with van der Waals surface area (Å²) in [6, 6.07) is 5.13. The van der Waals surface area contributed by atoms with E-state index >= 15 is 0 Å². The number of hydrogen-bond donors (Lipinski definition) is 1. The van der Waals surface area contributed by atoms with Crippen molar-refractivity contribution in [3.05, 3.63) is 18.2 Å². The van der Waals surface area contributed by atoms with E-state index in [1.807, 2.05) is 14.1 Å². The van der Waals surface area contributed by atoms with Gasteiger partial charge in [-0.25, -0.2) is 4.79 Å². The van der Waals surface area contributed by atoms with Gasteiger partial charge in [0.25, 0.3) is 0 Å². The Morgan fingerprint density at radius 2 is 1.79 bits per heavy atom. The molecule has 1 N–H and O–H groups in total. The van der Waals surface area contributed by atoms with E-state index in [2.05, 4.69) is 5.32 Å². The second kappa shape index (κ2) is 8.01. The lowest BCUT2D eigenvalue weighted by Gasteiger charge is -2.22. The molecule has 1 aromatic rings. The second-order valence-corrected chi connectivity index (χ2v) is 6.70. The molecule has 7 nitrogen and oxygen atoms in total. The molecule has 0 unspecified atom stereocenters. The van der Waals surface area contributed by atoms with E-state index in [0.717, 1.165) is 0 Å². The summed E-state index contributed by atoms with van der Waals surface area (Å²) in [5.74, 6) is 0.423. The van der Waals surface area contributed by atoms with Crippen LogP contribution in [0.4, 0.5) is 16.2 Å². The SMILES string of the molecule is COc1ccc(N(C)C(=O)CN(C)C)cc1NC(=O)OC(C)(C)C. The Kier molecular flexibility index (Phi) is 6.60. The van der Waals surface area contributed by atoms with E-state index < -0.39 is 11.7 Å². The zero-order chi connectivity index (χ0) is 18.5. The topological polar surface area (TPSA) is 71.1 Å². The van der Waals surface area contributed by atoms with Gasteiger partial charge in [-0.1, -0.05) is 0 Å². The van der Waals surface area contributed by atoms with Crippen molar-refractivity contribution < 1.29 is 19.1 Å². The van der Waals surface area contributed by atoms with Crippen LogP contribution in [0.5, 0.6) is 5.75 Å². The summed E-state index contributed by atoms with van der Waals surface area (Å²) < 4.78 is 10.5. The third kappa shape index (κ3) is 6.08. The molecule has 0 bridgehead atoms. The maximum absolute atomic E-state index is 12.2. The number of nitrogens with one attached hydrogen (secondary N) is 1. The lowest BCUT2D eigenvalue weighted by molar-refractivity contribution is -0.118. The van der Waals surface area contributed by atoms with Gasteiger partial charge in [0.2, 0.25) is 5.91 Å². The summed E-state index contributed by atoms with van der Waals surface area (Å²) in [5, 5.41) is 2.66. The van der Waals surface area contributed by atoms with Gasteiger partial charge in [0, 0.05) is 12.7 Å². The summed E-state index contributed by atoms with van der Waals surface area (Å²) in [5.41, 5.74) is 0.482. The molecule has 0 fully saturated rings. The first-order chi connectivity index (χ1) is 11.0. The highest BCUT2D eigenvalue weighted by Crippen LogP contribution is 2.30. The number of hydrogen-bond acceptors (Lipinski definition) is 5. The Balaban J connectivity index is 2.99. The monoisotopic (exact) mass is 337 g/mol. The normalized spacial score (nSPS) is 11.2. The minimum Gasteiger partial charge on any atom is -0.495 e. The summed E-state index contributed by atoms with van der Waals surface area (Å²) in [4.78, 5) is 27.5. The smallest absolute Gasteiger partial charge is 0.412 e. The molecular formula is C17H27N3O4. The van der Waals surface area contributed by atoms with Crippen LogP contribution in [0.15, 0.2) is 18.2 Å². The van der Waals surface area contributed by atoms with Gasteiger partial charge < -0.3 is 19.3 Å². The van der Waals surface area contributed by atoms with Crippen molar-refractivity contribution >= 4 is 23.4 Å². The number of ether oxygens (including phenoxy) is 2. The van der Waals surface area contributed by atoms with E-state index in [4.69, 9.17) is 9.47 Å². The predicted octanol–water partition coefficient (Wildman–Crippen LogP) is 2.57. The molecule has 0 heterocycles. The largest absolute Gasteiger partial charge is 0.495 e. The van der Waals surface area contributed by atoms with Crippen molar-refractivity contribution in [2.45, 2.75) is 26.4 Å². The molecular weight excluding hydrogens is 310 g/mol. The van der Waals surface area contributed by atoms with Crippen molar-refractivity contribution in [3.8, 4) is 5.75 Å². The fourth-order valence-electron chi connectivity index (χ4n) is 1.94. The average molecular weight is 337 g/mol.